The van der Waals surface area contributed by atoms with Gasteiger partial charge in [-0.15, -0.1) is 0 Å². The minimum absolute atomic E-state index is 0.133. The number of rotatable bonds is 6. The SMILES string of the molecule is CC/C=C\C(=C(/C)c1ccc(F)c(CC)c1)c1ccc2c(c1)N=CCN2C.CCCC. The van der Waals surface area contributed by atoms with Crippen molar-refractivity contribution in [2.75, 3.05) is 18.5 Å². The molecule has 0 unspecified atom stereocenters. The summed E-state index contributed by atoms with van der Waals surface area (Å²) in [6.45, 7) is 11.4. The summed E-state index contributed by atoms with van der Waals surface area (Å²) in [6.07, 6.45) is 10.6. The first-order valence-electron chi connectivity index (χ1n) is 11.5. The van der Waals surface area contributed by atoms with Crippen molar-refractivity contribution in [3.8, 4) is 0 Å². The Morgan fingerprint density at radius 2 is 1.74 bits per heavy atom. The fourth-order valence-corrected chi connectivity index (χ4v) is 3.39. The van der Waals surface area contributed by atoms with Crippen molar-refractivity contribution in [1.82, 2.24) is 0 Å². The van der Waals surface area contributed by atoms with Gasteiger partial charge in [-0.2, -0.15) is 0 Å². The molecule has 2 nitrogen and oxygen atoms in total. The van der Waals surface area contributed by atoms with Crippen LogP contribution in [0.3, 0.4) is 0 Å². The zero-order valence-electron chi connectivity index (χ0n) is 20.0. The van der Waals surface area contributed by atoms with Gasteiger partial charge in [0.15, 0.2) is 0 Å². The van der Waals surface area contributed by atoms with Gasteiger partial charge in [0.2, 0.25) is 0 Å². The number of benzene rings is 2. The second kappa shape index (κ2) is 12.2. The van der Waals surface area contributed by atoms with Crippen LogP contribution in [0.25, 0.3) is 11.1 Å². The maximum absolute atomic E-state index is 13.9. The highest BCUT2D eigenvalue weighted by Crippen LogP contribution is 2.36. The molecule has 0 amide bonds. The zero-order valence-corrected chi connectivity index (χ0v) is 20.0. The van der Waals surface area contributed by atoms with Crippen LogP contribution in [-0.4, -0.2) is 19.8 Å². The molecule has 1 aliphatic heterocycles. The Labute approximate surface area is 188 Å². The predicted molar refractivity (Wildman–Crippen MR) is 136 cm³/mol. The van der Waals surface area contributed by atoms with Gasteiger partial charge in [-0.05, 0) is 71.9 Å². The molecule has 0 spiro atoms. The summed E-state index contributed by atoms with van der Waals surface area (Å²) in [6, 6.07) is 11.8. The van der Waals surface area contributed by atoms with E-state index in [1.54, 1.807) is 6.07 Å². The lowest BCUT2D eigenvalue weighted by atomic mass is 9.93. The highest BCUT2D eigenvalue weighted by atomic mass is 19.1. The molecule has 0 aromatic heterocycles. The van der Waals surface area contributed by atoms with Crippen molar-refractivity contribution in [3.63, 3.8) is 0 Å². The van der Waals surface area contributed by atoms with Crippen LogP contribution in [0.1, 0.15) is 70.6 Å². The summed E-state index contributed by atoms with van der Waals surface area (Å²) >= 11 is 0. The summed E-state index contributed by atoms with van der Waals surface area (Å²) in [7, 11) is 2.08. The lowest BCUT2D eigenvalue weighted by Crippen LogP contribution is -2.21. The fraction of sp³-hybridized carbons (Fsp3) is 0.393. The minimum Gasteiger partial charge on any atom is -0.368 e. The number of aryl methyl sites for hydroxylation is 1. The first kappa shape index (κ1) is 24.6. The highest BCUT2D eigenvalue weighted by Gasteiger charge is 2.14. The number of aliphatic imine (C=N–C) groups is 1. The summed E-state index contributed by atoms with van der Waals surface area (Å²) in [4.78, 5) is 6.77. The average Bonchev–Trinajstić information content (AvgIpc) is 2.79. The van der Waals surface area contributed by atoms with Crippen LogP contribution >= 0.6 is 0 Å². The van der Waals surface area contributed by atoms with E-state index in [9.17, 15) is 4.39 Å². The molecular weight excluding hydrogens is 383 g/mol. The number of hydrogen-bond donors (Lipinski definition) is 0. The van der Waals surface area contributed by atoms with Crippen molar-refractivity contribution in [3.05, 3.63) is 71.1 Å². The van der Waals surface area contributed by atoms with E-state index in [1.165, 1.54) is 12.8 Å². The molecule has 0 radical (unpaired) electrons. The molecule has 0 N–H and O–H groups in total. The smallest absolute Gasteiger partial charge is 0.126 e. The molecule has 31 heavy (non-hydrogen) atoms. The maximum Gasteiger partial charge on any atom is 0.126 e. The largest absolute Gasteiger partial charge is 0.368 e. The number of anilines is 1. The molecule has 3 rings (SSSR count). The van der Waals surface area contributed by atoms with E-state index in [0.717, 1.165) is 52.2 Å². The first-order chi connectivity index (χ1) is 15.0. The van der Waals surface area contributed by atoms with E-state index in [1.807, 2.05) is 25.3 Å². The van der Waals surface area contributed by atoms with E-state index < -0.39 is 0 Å². The van der Waals surface area contributed by atoms with E-state index >= 15 is 0 Å². The van der Waals surface area contributed by atoms with Gasteiger partial charge in [0.05, 0.1) is 17.9 Å². The van der Waals surface area contributed by atoms with Crippen molar-refractivity contribution in [2.24, 2.45) is 4.99 Å². The molecule has 0 saturated heterocycles. The molecule has 0 saturated carbocycles. The van der Waals surface area contributed by atoms with E-state index in [-0.39, 0.29) is 5.82 Å². The standard InChI is InChI=1S/C24H27FN2.C4H10/c1-5-7-8-21(17(3)19-9-11-22(25)18(6-2)15-19)20-10-12-24-23(16-20)26-13-14-27(24)4;1-3-4-2/h7-13,15-16H,5-6,14H2,1-4H3;3-4H2,1-2H3/b8-7-,21-17-;. The Kier molecular flexibility index (Phi) is 9.71. The Balaban J connectivity index is 0.000000785. The molecule has 0 fully saturated rings. The third-order valence-electron chi connectivity index (χ3n) is 5.57. The van der Waals surface area contributed by atoms with Crippen LogP contribution in [0.2, 0.25) is 0 Å². The second-order valence-corrected chi connectivity index (χ2v) is 7.90. The maximum atomic E-state index is 13.9. The number of unbranched alkanes of at least 4 members (excludes halogenated alkanes) is 1. The average molecular weight is 421 g/mol. The number of nitrogens with zero attached hydrogens (tertiary/aromatic N) is 2. The van der Waals surface area contributed by atoms with Gasteiger partial charge in [0.25, 0.3) is 0 Å². The van der Waals surface area contributed by atoms with E-state index in [2.05, 4.69) is 75.0 Å². The molecule has 3 heteroatoms. The van der Waals surface area contributed by atoms with Crippen LogP contribution in [0.4, 0.5) is 15.8 Å². The fourth-order valence-electron chi connectivity index (χ4n) is 3.39. The predicted octanol–water partition coefficient (Wildman–Crippen LogP) is 8.24. The van der Waals surface area contributed by atoms with Crippen LogP contribution in [0, 0.1) is 5.82 Å². The summed E-state index contributed by atoms with van der Waals surface area (Å²) in [5.41, 5.74) is 7.37. The molecule has 0 aliphatic carbocycles. The molecule has 1 heterocycles. The van der Waals surface area contributed by atoms with Crippen LogP contribution in [-0.2, 0) is 6.42 Å². The second-order valence-electron chi connectivity index (χ2n) is 7.90. The number of hydrogen-bond acceptors (Lipinski definition) is 2. The van der Waals surface area contributed by atoms with Gasteiger partial charge >= 0.3 is 0 Å². The van der Waals surface area contributed by atoms with Gasteiger partial charge in [-0.1, -0.05) is 64.8 Å². The normalized spacial score (nSPS) is 13.6. The first-order valence-corrected chi connectivity index (χ1v) is 11.5. The van der Waals surface area contributed by atoms with E-state index in [0.29, 0.717) is 6.42 Å². The quantitative estimate of drug-likeness (QED) is 0.339. The molecule has 0 atom stereocenters. The molecule has 2 aromatic carbocycles. The molecule has 166 valence electrons. The van der Waals surface area contributed by atoms with Crippen molar-refractivity contribution < 1.29 is 4.39 Å². The summed E-state index contributed by atoms with van der Waals surface area (Å²) in [5, 5.41) is 0. The number of halogens is 1. The molecule has 2 aromatic rings. The Morgan fingerprint density at radius 1 is 1.03 bits per heavy atom. The molecular formula is C28H37FN2. The summed E-state index contributed by atoms with van der Waals surface area (Å²) < 4.78 is 13.9. The van der Waals surface area contributed by atoms with Crippen molar-refractivity contribution in [1.29, 1.82) is 0 Å². The Hall–Kier alpha value is -2.68. The van der Waals surface area contributed by atoms with Crippen LogP contribution in [0.5, 0.6) is 0 Å². The third-order valence-corrected chi connectivity index (χ3v) is 5.57. The molecule has 1 aliphatic rings. The van der Waals surface area contributed by atoms with Gasteiger partial charge in [0.1, 0.15) is 5.82 Å². The number of allylic oxidation sites excluding steroid dienone is 4. The Bertz CT molecular complexity index is 951. The van der Waals surface area contributed by atoms with Gasteiger partial charge < -0.3 is 4.90 Å². The topological polar surface area (TPSA) is 15.6 Å². The van der Waals surface area contributed by atoms with E-state index in [4.69, 9.17) is 0 Å². The Morgan fingerprint density at radius 3 is 2.39 bits per heavy atom. The van der Waals surface area contributed by atoms with Crippen LogP contribution < -0.4 is 4.90 Å². The zero-order chi connectivity index (χ0) is 22.8. The van der Waals surface area contributed by atoms with Crippen LogP contribution in [0.15, 0.2) is 53.5 Å². The lowest BCUT2D eigenvalue weighted by molar-refractivity contribution is 0.612. The lowest BCUT2D eigenvalue weighted by Gasteiger charge is -2.23. The van der Waals surface area contributed by atoms with Gasteiger partial charge in [0, 0.05) is 13.3 Å². The molecule has 0 bridgehead atoms. The van der Waals surface area contributed by atoms with Gasteiger partial charge in [-0.3, -0.25) is 4.99 Å². The third kappa shape index (κ3) is 6.40. The number of fused-ring (bicyclic) bond motifs is 1. The summed E-state index contributed by atoms with van der Waals surface area (Å²) in [5.74, 6) is -0.133. The minimum atomic E-state index is -0.133. The monoisotopic (exact) mass is 420 g/mol. The van der Waals surface area contributed by atoms with Crippen molar-refractivity contribution in [2.45, 2.75) is 60.3 Å². The highest BCUT2D eigenvalue weighted by molar-refractivity contribution is 5.96. The van der Waals surface area contributed by atoms with Gasteiger partial charge in [-0.25, -0.2) is 4.39 Å². The van der Waals surface area contributed by atoms with Crippen molar-refractivity contribution >= 4 is 28.7 Å².